The van der Waals surface area contributed by atoms with Gasteiger partial charge in [-0.15, -0.1) is 11.8 Å². The van der Waals surface area contributed by atoms with Crippen LogP contribution in [0.1, 0.15) is 5.56 Å². The Kier molecular flexibility index (Phi) is 5.03. The summed E-state index contributed by atoms with van der Waals surface area (Å²) in [7, 11) is 0. The summed E-state index contributed by atoms with van der Waals surface area (Å²) < 4.78 is 6.09. The Labute approximate surface area is 129 Å². The molecule has 2 aromatic carbocycles. The Morgan fingerprint density at radius 3 is 2.55 bits per heavy atom. The van der Waals surface area contributed by atoms with Crippen LogP contribution in [0.2, 0.25) is 0 Å². The Bertz CT molecular complexity index is 616. The van der Waals surface area contributed by atoms with E-state index in [1.165, 1.54) is 6.07 Å². The first-order chi connectivity index (χ1) is 9.60. The van der Waals surface area contributed by atoms with Crippen LogP contribution in [0.5, 0.6) is 5.75 Å². The molecule has 2 aromatic rings. The molecule has 0 fully saturated rings. The van der Waals surface area contributed by atoms with E-state index in [2.05, 4.69) is 15.9 Å². The summed E-state index contributed by atoms with van der Waals surface area (Å²) in [6.07, 6.45) is 2.01. The van der Waals surface area contributed by atoms with E-state index < -0.39 is 4.92 Å². The molecule has 6 heteroatoms. The normalized spacial score (nSPS) is 10.3. The molecule has 0 heterocycles. The maximum absolute atomic E-state index is 10.9. The third-order valence-corrected chi connectivity index (χ3v) is 4.09. The maximum atomic E-state index is 10.9. The van der Waals surface area contributed by atoms with Crippen molar-refractivity contribution in [1.82, 2.24) is 0 Å². The Hall–Kier alpha value is -1.53. The molecule has 0 saturated carbocycles. The molecule has 0 unspecified atom stereocenters. The quantitative estimate of drug-likeness (QED) is 0.445. The number of nitrogens with zero attached hydrogens (tertiary/aromatic N) is 1. The molecule has 0 saturated heterocycles. The zero-order valence-electron chi connectivity index (χ0n) is 10.7. The predicted molar refractivity (Wildman–Crippen MR) is 83.4 cm³/mol. The van der Waals surface area contributed by atoms with Crippen molar-refractivity contribution >= 4 is 33.4 Å². The lowest BCUT2D eigenvalue weighted by Crippen LogP contribution is -1.97. The zero-order chi connectivity index (χ0) is 14.5. The van der Waals surface area contributed by atoms with Crippen molar-refractivity contribution in [2.24, 2.45) is 0 Å². The average molecular weight is 354 g/mol. The van der Waals surface area contributed by atoms with Crippen molar-refractivity contribution in [1.29, 1.82) is 0 Å². The van der Waals surface area contributed by atoms with E-state index in [-0.39, 0.29) is 5.69 Å². The molecule has 104 valence electrons. The van der Waals surface area contributed by atoms with E-state index in [9.17, 15) is 10.1 Å². The molecule has 0 atom stereocenters. The third-order valence-electron chi connectivity index (χ3n) is 2.67. The van der Waals surface area contributed by atoms with Crippen molar-refractivity contribution in [2.75, 3.05) is 6.26 Å². The summed E-state index contributed by atoms with van der Waals surface area (Å²) in [4.78, 5) is 11.6. The van der Waals surface area contributed by atoms with E-state index in [1.54, 1.807) is 23.9 Å². The van der Waals surface area contributed by atoms with E-state index in [1.807, 2.05) is 30.5 Å². The third kappa shape index (κ3) is 3.74. The standard InChI is InChI=1S/C14H12BrNO3S/c1-20-12-5-3-11(4-6-12)19-9-10-2-7-13(15)14(8-10)16(17)18/h2-8H,9H2,1H3. The first kappa shape index (κ1) is 14.9. The summed E-state index contributed by atoms with van der Waals surface area (Å²) in [5.74, 6) is 0.744. The maximum Gasteiger partial charge on any atom is 0.283 e. The fourth-order valence-electron chi connectivity index (χ4n) is 1.63. The number of nitro benzene ring substituents is 1. The van der Waals surface area contributed by atoms with Gasteiger partial charge >= 0.3 is 0 Å². The fraction of sp³-hybridized carbons (Fsp3) is 0.143. The SMILES string of the molecule is CSc1ccc(OCc2ccc(Br)c([N+](=O)[O-])c2)cc1. The van der Waals surface area contributed by atoms with Gasteiger partial charge in [0.15, 0.2) is 0 Å². The monoisotopic (exact) mass is 353 g/mol. The molecular formula is C14H12BrNO3S. The smallest absolute Gasteiger partial charge is 0.283 e. The highest BCUT2D eigenvalue weighted by atomic mass is 79.9. The predicted octanol–water partition coefficient (Wildman–Crippen LogP) is 4.66. The van der Waals surface area contributed by atoms with Gasteiger partial charge < -0.3 is 4.74 Å². The number of hydrogen-bond donors (Lipinski definition) is 0. The minimum absolute atomic E-state index is 0.0452. The van der Waals surface area contributed by atoms with Crippen LogP contribution in [0.25, 0.3) is 0 Å². The van der Waals surface area contributed by atoms with Crippen LogP contribution in [0.4, 0.5) is 5.69 Å². The molecule has 4 nitrogen and oxygen atoms in total. The minimum atomic E-state index is -0.416. The summed E-state index contributed by atoms with van der Waals surface area (Å²) in [5, 5.41) is 10.9. The molecule has 2 rings (SSSR count). The number of thioether (sulfide) groups is 1. The summed E-state index contributed by atoms with van der Waals surface area (Å²) in [6.45, 7) is 0.298. The second kappa shape index (κ2) is 6.76. The lowest BCUT2D eigenvalue weighted by Gasteiger charge is -2.07. The molecule has 20 heavy (non-hydrogen) atoms. The molecular weight excluding hydrogens is 342 g/mol. The Balaban J connectivity index is 2.06. The first-order valence-electron chi connectivity index (χ1n) is 5.80. The molecule has 0 aliphatic rings. The van der Waals surface area contributed by atoms with Crippen LogP contribution in [-0.2, 0) is 6.61 Å². The highest BCUT2D eigenvalue weighted by Crippen LogP contribution is 2.26. The van der Waals surface area contributed by atoms with Crippen LogP contribution >= 0.6 is 27.7 Å². The molecule has 0 aliphatic heterocycles. The minimum Gasteiger partial charge on any atom is -0.489 e. The topological polar surface area (TPSA) is 52.4 Å². The second-order valence-corrected chi connectivity index (χ2v) is 5.74. The second-order valence-electron chi connectivity index (χ2n) is 4.01. The number of nitro groups is 1. The Morgan fingerprint density at radius 1 is 1.25 bits per heavy atom. The van der Waals surface area contributed by atoms with Gasteiger partial charge in [-0.05, 0) is 58.1 Å². The summed E-state index contributed by atoms with van der Waals surface area (Å²) in [6, 6.07) is 12.7. The summed E-state index contributed by atoms with van der Waals surface area (Å²) >= 11 is 4.82. The number of halogens is 1. The summed E-state index contributed by atoms with van der Waals surface area (Å²) in [5.41, 5.74) is 0.803. The van der Waals surface area contributed by atoms with Crippen molar-refractivity contribution in [3.05, 3.63) is 62.6 Å². The Morgan fingerprint density at radius 2 is 1.95 bits per heavy atom. The van der Waals surface area contributed by atoms with Gasteiger partial charge in [-0.1, -0.05) is 6.07 Å². The van der Waals surface area contributed by atoms with Crippen LogP contribution in [0.3, 0.4) is 0 Å². The van der Waals surface area contributed by atoms with E-state index in [4.69, 9.17) is 4.74 Å². The highest BCUT2D eigenvalue weighted by molar-refractivity contribution is 9.10. The number of hydrogen-bond acceptors (Lipinski definition) is 4. The van der Waals surface area contributed by atoms with Gasteiger partial charge in [-0.25, -0.2) is 0 Å². The lowest BCUT2D eigenvalue weighted by atomic mass is 10.2. The lowest BCUT2D eigenvalue weighted by molar-refractivity contribution is -0.385. The van der Waals surface area contributed by atoms with Gasteiger partial charge in [0.2, 0.25) is 0 Å². The van der Waals surface area contributed by atoms with Crippen molar-refractivity contribution in [2.45, 2.75) is 11.5 Å². The van der Waals surface area contributed by atoms with Gasteiger partial charge in [0, 0.05) is 11.0 Å². The van der Waals surface area contributed by atoms with Crippen molar-refractivity contribution in [3.63, 3.8) is 0 Å². The van der Waals surface area contributed by atoms with Crippen molar-refractivity contribution in [3.8, 4) is 5.75 Å². The molecule has 0 amide bonds. The molecule has 0 aliphatic carbocycles. The average Bonchev–Trinajstić information content (AvgIpc) is 2.46. The van der Waals surface area contributed by atoms with Gasteiger partial charge in [-0.2, -0.15) is 0 Å². The van der Waals surface area contributed by atoms with Gasteiger partial charge in [0.25, 0.3) is 5.69 Å². The number of rotatable bonds is 5. The van der Waals surface area contributed by atoms with Crippen LogP contribution in [-0.4, -0.2) is 11.2 Å². The molecule has 0 aromatic heterocycles. The molecule has 0 radical (unpaired) electrons. The molecule has 0 N–H and O–H groups in total. The van der Waals surface area contributed by atoms with Crippen LogP contribution in [0.15, 0.2) is 51.8 Å². The van der Waals surface area contributed by atoms with Crippen LogP contribution in [0, 0.1) is 10.1 Å². The zero-order valence-corrected chi connectivity index (χ0v) is 13.1. The largest absolute Gasteiger partial charge is 0.489 e. The number of benzene rings is 2. The van der Waals surface area contributed by atoms with Gasteiger partial charge in [-0.3, -0.25) is 10.1 Å². The highest BCUT2D eigenvalue weighted by Gasteiger charge is 2.12. The van der Waals surface area contributed by atoms with E-state index in [0.29, 0.717) is 11.1 Å². The molecule has 0 bridgehead atoms. The van der Waals surface area contributed by atoms with Gasteiger partial charge in [0.1, 0.15) is 12.4 Å². The number of ether oxygens (including phenoxy) is 1. The van der Waals surface area contributed by atoms with Crippen molar-refractivity contribution < 1.29 is 9.66 Å². The first-order valence-corrected chi connectivity index (χ1v) is 7.81. The fourth-order valence-corrected chi connectivity index (χ4v) is 2.43. The van der Waals surface area contributed by atoms with Crippen LogP contribution < -0.4 is 4.74 Å². The van der Waals surface area contributed by atoms with Gasteiger partial charge in [0.05, 0.1) is 9.40 Å². The van der Waals surface area contributed by atoms with E-state index in [0.717, 1.165) is 16.2 Å². The van der Waals surface area contributed by atoms with E-state index >= 15 is 0 Å². The molecule has 0 spiro atoms.